The van der Waals surface area contributed by atoms with Crippen LogP contribution in [0.2, 0.25) is 0 Å². The van der Waals surface area contributed by atoms with Crippen molar-refractivity contribution in [3.8, 4) is 0 Å². The number of nitrogens with one attached hydrogen (secondary N) is 1. The highest BCUT2D eigenvalue weighted by atomic mass is 32.2. The van der Waals surface area contributed by atoms with Crippen molar-refractivity contribution in [3.05, 3.63) is 0 Å². The maximum Gasteiger partial charge on any atom is 0.321 e. The molecule has 0 aliphatic carbocycles. The Morgan fingerprint density at radius 1 is 1.50 bits per heavy atom. The van der Waals surface area contributed by atoms with Crippen molar-refractivity contribution in [1.82, 2.24) is 4.72 Å². The van der Waals surface area contributed by atoms with E-state index < -0.39 is 18.0 Å². The van der Waals surface area contributed by atoms with E-state index in [4.69, 9.17) is 10.2 Å². The SMILES string of the molecule is CSN[C@@H](CCC(=O)O)C(=O)O. The van der Waals surface area contributed by atoms with Gasteiger partial charge in [-0.3, -0.25) is 14.3 Å². The molecule has 3 N–H and O–H groups in total. The van der Waals surface area contributed by atoms with Crippen molar-refractivity contribution in [1.29, 1.82) is 0 Å². The first-order valence-corrected chi connectivity index (χ1v) is 4.53. The Balaban J connectivity index is 3.79. The van der Waals surface area contributed by atoms with E-state index in [9.17, 15) is 9.59 Å². The average molecular weight is 193 g/mol. The van der Waals surface area contributed by atoms with Gasteiger partial charge in [0.2, 0.25) is 0 Å². The Morgan fingerprint density at radius 3 is 2.42 bits per heavy atom. The molecule has 0 heterocycles. The van der Waals surface area contributed by atoms with Crippen LogP contribution in [0.1, 0.15) is 12.8 Å². The molecule has 0 fully saturated rings. The number of carbonyl (C=O) groups is 2. The Morgan fingerprint density at radius 2 is 2.08 bits per heavy atom. The predicted molar refractivity (Wildman–Crippen MR) is 44.9 cm³/mol. The highest BCUT2D eigenvalue weighted by Crippen LogP contribution is 2.01. The second-order valence-electron chi connectivity index (χ2n) is 2.15. The molecule has 12 heavy (non-hydrogen) atoms. The molecule has 0 aromatic rings. The monoisotopic (exact) mass is 193 g/mol. The molecule has 0 spiro atoms. The largest absolute Gasteiger partial charge is 0.481 e. The first-order valence-electron chi connectivity index (χ1n) is 3.31. The summed E-state index contributed by atoms with van der Waals surface area (Å²) in [6.45, 7) is 0. The van der Waals surface area contributed by atoms with E-state index in [0.717, 1.165) is 0 Å². The molecule has 0 aliphatic heterocycles. The van der Waals surface area contributed by atoms with Crippen LogP contribution in [-0.4, -0.2) is 34.4 Å². The van der Waals surface area contributed by atoms with Gasteiger partial charge in [-0.05, 0) is 12.7 Å². The lowest BCUT2D eigenvalue weighted by atomic mass is 10.2. The van der Waals surface area contributed by atoms with E-state index >= 15 is 0 Å². The molecule has 5 nitrogen and oxygen atoms in total. The van der Waals surface area contributed by atoms with Crippen LogP contribution in [0.4, 0.5) is 0 Å². The van der Waals surface area contributed by atoms with Gasteiger partial charge in [0.15, 0.2) is 0 Å². The zero-order valence-corrected chi connectivity index (χ0v) is 7.43. The van der Waals surface area contributed by atoms with Gasteiger partial charge in [0, 0.05) is 6.42 Å². The van der Waals surface area contributed by atoms with Crippen molar-refractivity contribution in [2.75, 3.05) is 6.26 Å². The molecule has 0 amide bonds. The van der Waals surface area contributed by atoms with E-state index in [1.54, 1.807) is 6.26 Å². The van der Waals surface area contributed by atoms with Crippen molar-refractivity contribution in [2.45, 2.75) is 18.9 Å². The Kier molecular flexibility index (Phi) is 5.48. The van der Waals surface area contributed by atoms with Crippen molar-refractivity contribution in [3.63, 3.8) is 0 Å². The first-order chi connectivity index (χ1) is 5.57. The van der Waals surface area contributed by atoms with Crippen LogP contribution in [0.5, 0.6) is 0 Å². The second kappa shape index (κ2) is 5.84. The molecule has 0 unspecified atom stereocenters. The summed E-state index contributed by atoms with van der Waals surface area (Å²) in [5.74, 6) is -2.00. The van der Waals surface area contributed by atoms with E-state index in [1.807, 2.05) is 0 Å². The Labute approximate surface area is 74.3 Å². The lowest BCUT2D eigenvalue weighted by Gasteiger charge is -2.09. The lowest BCUT2D eigenvalue weighted by molar-refractivity contribution is -0.140. The number of carboxylic acid groups (broad SMARTS) is 2. The van der Waals surface area contributed by atoms with Crippen molar-refractivity contribution < 1.29 is 19.8 Å². The molecular formula is C6H11NO4S. The Hall–Kier alpha value is -0.750. The molecule has 0 saturated heterocycles. The molecule has 0 saturated carbocycles. The number of aliphatic carboxylic acids is 2. The molecule has 70 valence electrons. The van der Waals surface area contributed by atoms with Gasteiger partial charge in [-0.2, -0.15) is 0 Å². The lowest BCUT2D eigenvalue weighted by Crippen LogP contribution is -2.32. The predicted octanol–water partition coefficient (Wildman–Crippen LogP) is 0.172. The van der Waals surface area contributed by atoms with E-state index in [-0.39, 0.29) is 12.8 Å². The zero-order valence-electron chi connectivity index (χ0n) is 6.61. The summed E-state index contributed by atoms with van der Waals surface area (Å²) < 4.78 is 2.59. The van der Waals surface area contributed by atoms with Gasteiger partial charge in [-0.15, -0.1) is 0 Å². The van der Waals surface area contributed by atoms with Crippen LogP contribution in [0.15, 0.2) is 0 Å². The highest BCUT2D eigenvalue weighted by molar-refractivity contribution is 7.96. The summed E-state index contributed by atoms with van der Waals surface area (Å²) >= 11 is 1.17. The van der Waals surface area contributed by atoms with Gasteiger partial charge in [0.25, 0.3) is 0 Å². The van der Waals surface area contributed by atoms with Crippen LogP contribution in [-0.2, 0) is 9.59 Å². The number of carboxylic acids is 2. The number of hydrogen-bond acceptors (Lipinski definition) is 4. The standard InChI is InChI=1S/C6H11NO4S/c1-12-7-4(6(10)11)2-3-5(8)9/h4,7H,2-3H2,1H3,(H,8,9)(H,10,11)/t4-/m0/s1. The fourth-order valence-electron chi connectivity index (χ4n) is 0.643. The van der Waals surface area contributed by atoms with Crippen LogP contribution in [0.3, 0.4) is 0 Å². The molecule has 0 aromatic carbocycles. The summed E-state index contributed by atoms with van der Waals surface area (Å²) in [4.78, 5) is 20.5. The Bertz CT molecular complexity index is 173. The molecule has 6 heteroatoms. The van der Waals surface area contributed by atoms with Crippen LogP contribution >= 0.6 is 11.9 Å². The van der Waals surface area contributed by atoms with Gasteiger partial charge >= 0.3 is 11.9 Å². The topological polar surface area (TPSA) is 86.6 Å². The molecular weight excluding hydrogens is 182 g/mol. The summed E-state index contributed by atoms with van der Waals surface area (Å²) in [5.41, 5.74) is 0. The molecule has 0 radical (unpaired) electrons. The zero-order chi connectivity index (χ0) is 9.56. The summed E-state index contributed by atoms with van der Waals surface area (Å²) in [5, 5.41) is 16.8. The van der Waals surface area contributed by atoms with Crippen molar-refractivity contribution in [2.24, 2.45) is 0 Å². The first kappa shape index (κ1) is 11.2. The fourth-order valence-corrected chi connectivity index (χ4v) is 1.15. The van der Waals surface area contributed by atoms with Crippen LogP contribution in [0, 0.1) is 0 Å². The third kappa shape index (κ3) is 4.97. The van der Waals surface area contributed by atoms with E-state index in [1.165, 1.54) is 11.9 Å². The van der Waals surface area contributed by atoms with Crippen LogP contribution in [0.25, 0.3) is 0 Å². The molecule has 0 bridgehead atoms. The maximum atomic E-state index is 10.4. The molecule has 0 aliphatic rings. The third-order valence-corrected chi connectivity index (χ3v) is 1.73. The normalized spacial score (nSPS) is 12.4. The molecule has 1 atom stereocenters. The van der Waals surface area contributed by atoms with E-state index in [2.05, 4.69) is 4.72 Å². The summed E-state index contributed by atoms with van der Waals surface area (Å²) in [6.07, 6.45) is 1.66. The van der Waals surface area contributed by atoms with Gasteiger partial charge in [-0.1, -0.05) is 11.9 Å². The maximum absolute atomic E-state index is 10.4. The van der Waals surface area contributed by atoms with Gasteiger partial charge in [-0.25, -0.2) is 0 Å². The quantitative estimate of drug-likeness (QED) is 0.521. The highest BCUT2D eigenvalue weighted by Gasteiger charge is 2.16. The summed E-state index contributed by atoms with van der Waals surface area (Å²) in [7, 11) is 0. The fraction of sp³-hybridized carbons (Fsp3) is 0.667. The summed E-state index contributed by atoms with van der Waals surface area (Å²) in [6, 6.07) is -0.781. The minimum Gasteiger partial charge on any atom is -0.481 e. The second-order valence-corrected chi connectivity index (χ2v) is 2.79. The van der Waals surface area contributed by atoms with Gasteiger partial charge in [0.05, 0.1) is 0 Å². The van der Waals surface area contributed by atoms with Crippen LogP contribution < -0.4 is 4.72 Å². The average Bonchev–Trinajstić information content (AvgIpc) is 1.96. The molecule has 0 aromatic heterocycles. The smallest absolute Gasteiger partial charge is 0.321 e. The van der Waals surface area contributed by atoms with E-state index in [0.29, 0.717) is 0 Å². The molecule has 0 rings (SSSR count). The minimum absolute atomic E-state index is 0.103. The minimum atomic E-state index is -1.02. The number of rotatable bonds is 6. The number of hydrogen-bond donors (Lipinski definition) is 3. The van der Waals surface area contributed by atoms with Gasteiger partial charge in [0.1, 0.15) is 6.04 Å². The third-order valence-electron chi connectivity index (χ3n) is 1.21. The van der Waals surface area contributed by atoms with Crippen molar-refractivity contribution >= 4 is 23.9 Å². The van der Waals surface area contributed by atoms with Gasteiger partial charge < -0.3 is 10.2 Å².